The van der Waals surface area contributed by atoms with Crippen LogP contribution in [0.1, 0.15) is 46.3 Å². The molecule has 0 radical (unpaired) electrons. The minimum absolute atomic E-state index is 0.0874. The van der Waals surface area contributed by atoms with Crippen molar-refractivity contribution in [2.75, 3.05) is 18.5 Å². The van der Waals surface area contributed by atoms with E-state index in [0.29, 0.717) is 24.6 Å². The first-order valence-corrected chi connectivity index (χ1v) is 10.3. The lowest BCUT2D eigenvalue weighted by molar-refractivity contribution is 0.0857. The number of amides is 1. The summed E-state index contributed by atoms with van der Waals surface area (Å²) in [4.78, 5) is 16.8. The van der Waals surface area contributed by atoms with Crippen molar-refractivity contribution >= 4 is 17.6 Å². The van der Waals surface area contributed by atoms with Gasteiger partial charge in [0.25, 0.3) is 5.91 Å². The number of aliphatic imine (C=N–C) groups is 1. The van der Waals surface area contributed by atoms with E-state index in [4.69, 9.17) is 10.5 Å². The fourth-order valence-electron chi connectivity index (χ4n) is 3.94. The van der Waals surface area contributed by atoms with Crippen LogP contribution in [-0.2, 0) is 24.1 Å². The van der Waals surface area contributed by atoms with E-state index >= 15 is 0 Å². The Morgan fingerprint density at radius 2 is 2.03 bits per heavy atom. The quantitative estimate of drug-likeness (QED) is 0.521. The fraction of sp³-hybridized carbons (Fsp3) is 0.391. The van der Waals surface area contributed by atoms with Crippen molar-refractivity contribution in [3.05, 3.63) is 64.7 Å². The summed E-state index contributed by atoms with van der Waals surface area (Å²) in [6, 6.07) is 13.9. The van der Waals surface area contributed by atoms with Crippen molar-refractivity contribution in [1.82, 2.24) is 5.32 Å². The van der Waals surface area contributed by atoms with Crippen molar-refractivity contribution in [2.45, 2.75) is 44.8 Å². The molecule has 0 spiro atoms. The van der Waals surface area contributed by atoms with E-state index < -0.39 is 0 Å². The summed E-state index contributed by atoms with van der Waals surface area (Å²) in [6.45, 7) is 1.75. The second-order valence-electron chi connectivity index (χ2n) is 7.71. The minimum atomic E-state index is -0.0874. The summed E-state index contributed by atoms with van der Waals surface area (Å²) >= 11 is 0. The lowest BCUT2D eigenvalue weighted by Gasteiger charge is -2.11. The van der Waals surface area contributed by atoms with E-state index in [9.17, 15) is 4.79 Å². The number of nitrogens with zero attached hydrogens (tertiary/aromatic N) is 1. The van der Waals surface area contributed by atoms with Gasteiger partial charge in [-0.05, 0) is 73.1 Å². The van der Waals surface area contributed by atoms with E-state index in [-0.39, 0.29) is 12.0 Å². The first-order valence-electron chi connectivity index (χ1n) is 10.3. The van der Waals surface area contributed by atoms with Crippen LogP contribution in [0.3, 0.4) is 0 Å². The minimum Gasteiger partial charge on any atom is -0.376 e. The van der Waals surface area contributed by atoms with Gasteiger partial charge in [-0.15, -0.1) is 0 Å². The number of rotatable bonds is 6. The van der Waals surface area contributed by atoms with Crippen molar-refractivity contribution < 1.29 is 9.53 Å². The van der Waals surface area contributed by atoms with Gasteiger partial charge in [0, 0.05) is 24.4 Å². The molecule has 6 heteroatoms. The van der Waals surface area contributed by atoms with E-state index in [1.165, 1.54) is 17.5 Å². The molecule has 0 aromatic heterocycles. The molecule has 2 aromatic rings. The maximum Gasteiger partial charge on any atom is 0.251 e. The predicted octanol–water partition coefficient (Wildman–Crippen LogP) is 3.01. The lowest BCUT2D eigenvalue weighted by Crippen LogP contribution is -2.31. The van der Waals surface area contributed by atoms with Crippen LogP contribution in [0, 0.1) is 0 Å². The molecule has 1 unspecified atom stereocenters. The summed E-state index contributed by atoms with van der Waals surface area (Å²) in [7, 11) is 0. The highest BCUT2D eigenvalue weighted by molar-refractivity contribution is 5.94. The van der Waals surface area contributed by atoms with Crippen molar-refractivity contribution in [3.8, 4) is 0 Å². The second kappa shape index (κ2) is 9.09. The van der Waals surface area contributed by atoms with E-state index in [0.717, 1.165) is 43.5 Å². The third kappa shape index (κ3) is 5.15. The predicted molar refractivity (Wildman–Crippen MR) is 115 cm³/mol. The number of hydrogen-bond donors (Lipinski definition) is 3. The zero-order valence-corrected chi connectivity index (χ0v) is 16.6. The Labute approximate surface area is 171 Å². The molecule has 29 heavy (non-hydrogen) atoms. The number of aryl methyl sites for hydroxylation is 2. The zero-order valence-electron chi connectivity index (χ0n) is 16.6. The number of carbonyl (C=O) groups excluding carboxylic acids is 1. The van der Waals surface area contributed by atoms with Crippen molar-refractivity contribution in [2.24, 2.45) is 10.7 Å². The number of carbonyl (C=O) groups is 1. The van der Waals surface area contributed by atoms with Gasteiger partial charge >= 0.3 is 0 Å². The van der Waals surface area contributed by atoms with Crippen LogP contribution in [0.5, 0.6) is 0 Å². The Kier molecular flexibility index (Phi) is 6.10. The summed E-state index contributed by atoms with van der Waals surface area (Å²) in [5.41, 5.74) is 11.4. The van der Waals surface area contributed by atoms with Gasteiger partial charge in [0.15, 0.2) is 5.96 Å². The number of benzene rings is 2. The molecule has 0 bridgehead atoms. The third-order valence-corrected chi connectivity index (χ3v) is 5.51. The molecular formula is C23H28N4O2. The molecule has 1 heterocycles. The van der Waals surface area contributed by atoms with Crippen LogP contribution in [0.15, 0.2) is 47.5 Å². The molecule has 1 saturated heterocycles. The smallest absolute Gasteiger partial charge is 0.251 e. The standard InChI is InChI=1S/C23H28N4O2/c24-23(27-20-10-9-17-5-2-6-18(17)13-20)26-14-16-4-1-7-19(12-16)22(28)25-15-21-8-3-11-29-21/h1,4,7,9-10,12-13,21H,2-3,5-6,8,11,14-15H2,(H,25,28)(H3,24,26,27). The first-order chi connectivity index (χ1) is 14.2. The van der Waals surface area contributed by atoms with Gasteiger partial charge in [0.2, 0.25) is 0 Å². The Morgan fingerprint density at radius 3 is 2.90 bits per heavy atom. The molecule has 1 amide bonds. The Morgan fingerprint density at radius 1 is 1.14 bits per heavy atom. The molecule has 2 aromatic carbocycles. The van der Waals surface area contributed by atoms with Crippen molar-refractivity contribution in [3.63, 3.8) is 0 Å². The SMILES string of the molecule is NC(=NCc1cccc(C(=O)NCC2CCCO2)c1)Nc1ccc2c(c1)CCC2. The van der Waals surface area contributed by atoms with Crippen LogP contribution in [-0.4, -0.2) is 31.1 Å². The van der Waals surface area contributed by atoms with Gasteiger partial charge in [-0.2, -0.15) is 0 Å². The number of hydrogen-bond acceptors (Lipinski definition) is 3. The van der Waals surface area contributed by atoms with E-state index in [1.54, 1.807) is 0 Å². The Balaban J connectivity index is 1.32. The maximum absolute atomic E-state index is 12.4. The Hall–Kier alpha value is -2.86. The lowest BCUT2D eigenvalue weighted by atomic mass is 10.1. The van der Waals surface area contributed by atoms with Crippen LogP contribution in [0.4, 0.5) is 5.69 Å². The highest BCUT2D eigenvalue weighted by Gasteiger charge is 2.16. The van der Waals surface area contributed by atoms with Crippen LogP contribution in [0.2, 0.25) is 0 Å². The van der Waals surface area contributed by atoms with Gasteiger partial charge in [-0.3, -0.25) is 4.79 Å². The highest BCUT2D eigenvalue weighted by Crippen LogP contribution is 2.24. The molecule has 2 aliphatic rings. The molecular weight excluding hydrogens is 364 g/mol. The summed E-state index contributed by atoms with van der Waals surface area (Å²) in [5, 5.41) is 6.11. The first kappa shape index (κ1) is 19.5. The topological polar surface area (TPSA) is 88.7 Å². The molecule has 1 aliphatic heterocycles. The van der Waals surface area contributed by atoms with Crippen molar-refractivity contribution in [1.29, 1.82) is 0 Å². The normalized spacial score (nSPS) is 18.5. The number of fused-ring (bicyclic) bond motifs is 1. The molecule has 152 valence electrons. The monoisotopic (exact) mass is 392 g/mol. The number of nitrogens with two attached hydrogens (primary N) is 1. The molecule has 4 N–H and O–H groups in total. The van der Waals surface area contributed by atoms with Gasteiger partial charge in [-0.25, -0.2) is 4.99 Å². The third-order valence-electron chi connectivity index (χ3n) is 5.51. The summed E-state index contributed by atoms with van der Waals surface area (Å²) in [6.07, 6.45) is 5.72. The average Bonchev–Trinajstić information content (AvgIpc) is 3.42. The number of ether oxygens (including phenoxy) is 1. The van der Waals surface area contributed by atoms with Crippen LogP contribution < -0.4 is 16.4 Å². The number of nitrogens with one attached hydrogen (secondary N) is 2. The second-order valence-corrected chi connectivity index (χ2v) is 7.71. The summed E-state index contributed by atoms with van der Waals surface area (Å²) in [5.74, 6) is 0.284. The van der Waals surface area contributed by atoms with E-state index in [2.05, 4.69) is 27.8 Å². The molecule has 0 saturated carbocycles. The molecule has 4 rings (SSSR count). The number of anilines is 1. The van der Waals surface area contributed by atoms with E-state index in [1.807, 2.05) is 30.3 Å². The fourth-order valence-corrected chi connectivity index (χ4v) is 3.94. The largest absolute Gasteiger partial charge is 0.376 e. The van der Waals surface area contributed by atoms with Crippen LogP contribution in [0.25, 0.3) is 0 Å². The Bertz CT molecular complexity index is 904. The summed E-state index contributed by atoms with van der Waals surface area (Å²) < 4.78 is 5.55. The molecule has 6 nitrogen and oxygen atoms in total. The van der Waals surface area contributed by atoms with Gasteiger partial charge in [0.05, 0.1) is 12.6 Å². The number of guanidine groups is 1. The molecule has 1 atom stereocenters. The zero-order chi connectivity index (χ0) is 20.1. The highest BCUT2D eigenvalue weighted by atomic mass is 16.5. The molecule has 1 fully saturated rings. The van der Waals surface area contributed by atoms with Gasteiger partial charge < -0.3 is 21.1 Å². The van der Waals surface area contributed by atoms with Crippen LogP contribution >= 0.6 is 0 Å². The molecule has 1 aliphatic carbocycles. The van der Waals surface area contributed by atoms with Gasteiger partial charge in [0.1, 0.15) is 0 Å². The van der Waals surface area contributed by atoms with Gasteiger partial charge in [-0.1, -0.05) is 18.2 Å². The maximum atomic E-state index is 12.4. The average molecular weight is 393 g/mol.